The van der Waals surface area contributed by atoms with Gasteiger partial charge in [-0.2, -0.15) is 0 Å². The standard InChI is InChI=1S/C4H10O2S/c5-3-1-2-4-6-7/h5,7H,1-4H2. The smallest absolute Gasteiger partial charge is 0.0611 e. The first kappa shape index (κ1) is 7.27. The first-order valence-corrected chi connectivity index (χ1v) is 2.65. The van der Waals surface area contributed by atoms with Crippen LogP contribution < -0.4 is 0 Å². The monoisotopic (exact) mass is 122 g/mol. The first-order valence-electron chi connectivity index (χ1n) is 2.29. The number of thiol groups is 1. The summed E-state index contributed by atoms with van der Waals surface area (Å²) in [5.41, 5.74) is 0. The van der Waals surface area contributed by atoms with Crippen LogP contribution >= 0.6 is 12.9 Å². The van der Waals surface area contributed by atoms with E-state index in [1.807, 2.05) is 0 Å². The summed E-state index contributed by atoms with van der Waals surface area (Å²) in [6, 6.07) is 0. The Morgan fingerprint density at radius 3 is 2.57 bits per heavy atom. The predicted octanol–water partition coefficient (Wildman–Crippen LogP) is 0.620. The Morgan fingerprint density at radius 1 is 1.43 bits per heavy atom. The van der Waals surface area contributed by atoms with Gasteiger partial charge >= 0.3 is 0 Å². The van der Waals surface area contributed by atoms with E-state index in [-0.39, 0.29) is 6.61 Å². The highest BCUT2D eigenvalue weighted by molar-refractivity contribution is 7.75. The third kappa shape index (κ3) is 6.27. The van der Waals surface area contributed by atoms with E-state index >= 15 is 0 Å². The molecule has 2 nitrogen and oxygen atoms in total. The lowest BCUT2D eigenvalue weighted by Crippen LogP contribution is -1.87. The molecule has 0 radical (unpaired) electrons. The summed E-state index contributed by atoms with van der Waals surface area (Å²) in [5.74, 6) is 0. The Bertz CT molecular complexity index is 28.9. The maximum atomic E-state index is 8.21. The van der Waals surface area contributed by atoms with Crippen molar-refractivity contribution in [3.63, 3.8) is 0 Å². The molecule has 0 atom stereocenters. The maximum Gasteiger partial charge on any atom is 0.0611 e. The average molecular weight is 122 g/mol. The minimum absolute atomic E-state index is 0.247. The molecular formula is C4H10O2S. The highest BCUT2D eigenvalue weighted by Crippen LogP contribution is 1.88. The van der Waals surface area contributed by atoms with Gasteiger partial charge in [-0.15, -0.1) is 0 Å². The van der Waals surface area contributed by atoms with Crippen molar-refractivity contribution in [2.75, 3.05) is 13.2 Å². The topological polar surface area (TPSA) is 29.5 Å². The SMILES string of the molecule is OCCCCOS. The van der Waals surface area contributed by atoms with Gasteiger partial charge in [0.05, 0.1) is 6.61 Å². The van der Waals surface area contributed by atoms with Crippen molar-refractivity contribution in [1.82, 2.24) is 0 Å². The molecule has 0 heterocycles. The molecule has 0 aliphatic rings. The number of unbranched alkanes of at least 4 members (excludes halogenated alkanes) is 1. The summed E-state index contributed by atoms with van der Waals surface area (Å²) in [7, 11) is 0. The Kier molecular flexibility index (Phi) is 6.51. The highest BCUT2D eigenvalue weighted by atomic mass is 32.1. The number of rotatable bonds is 4. The fraction of sp³-hybridized carbons (Fsp3) is 1.00. The van der Waals surface area contributed by atoms with E-state index in [0.717, 1.165) is 12.8 Å². The van der Waals surface area contributed by atoms with Gasteiger partial charge in [-0.1, -0.05) is 0 Å². The fourth-order valence-corrected chi connectivity index (χ4v) is 0.408. The summed E-state index contributed by atoms with van der Waals surface area (Å²) in [6.07, 6.45) is 1.69. The van der Waals surface area contributed by atoms with Crippen LogP contribution in [0.15, 0.2) is 0 Å². The van der Waals surface area contributed by atoms with E-state index in [9.17, 15) is 0 Å². The second-order valence-electron chi connectivity index (χ2n) is 1.26. The van der Waals surface area contributed by atoms with Gasteiger partial charge in [0.1, 0.15) is 0 Å². The van der Waals surface area contributed by atoms with Gasteiger partial charge < -0.3 is 9.29 Å². The molecule has 0 aromatic carbocycles. The van der Waals surface area contributed by atoms with E-state index in [1.165, 1.54) is 0 Å². The molecule has 0 unspecified atom stereocenters. The van der Waals surface area contributed by atoms with E-state index < -0.39 is 0 Å². The molecule has 0 aromatic heterocycles. The van der Waals surface area contributed by atoms with Crippen LogP contribution in [-0.4, -0.2) is 18.3 Å². The molecule has 7 heavy (non-hydrogen) atoms. The van der Waals surface area contributed by atoms with E-state index in [2.05, 4.69) is 17.1 Å². The van der Waals surface area contributed by atoms with Gasteiger partial charge in [0.25, 0.3) is 0 Å². The summed E-state index contributed by atoms with van der Waals surface area (Å²) in [5, 5.41) is 8.21. The molecule has 3 heteroatoms. The number of aliphatic hydroxyl groups is 1. The van der Waals surface area contributed by atoms with Crippen LogP contribution in [0.4, 0.5) is 0 Å². The zero-order chi connectivity index (χ0) is 5.54. The van der Waals surface area contributed by atoms with Gasteiger partial charge in [0.2, 0.25) is 0 Å². The molecule has 0 bridgehead atoms. The number of hydrogen-bond acceptors (Lipinski definition) is 3. The molecule has 44 valence electrons. The second-order valence-corrected chi connectivity index (χ2v) is 1.52. The summed E-state index contributed by atoms with van der Waals surface area (Å²) < 4.78 is 4.43. The molecule has 0 rings (SSSR count). The largest absolute Gasteiger partial charge is 0.396 e. The van der Waals surface area contributed by atoms with Gasteiger partial charge in [-0.05, 0) is 25.8 Å². The van der Waals surface area contributed by atoms with Crippen molar-refractivity contribution >= 4 is 12.9 Å². The van der Waals surface area contributed by atoms with Gasteiger partial charge in [-0.3, -0.25) is 0 Å². The zero-order valence-electron chi connectivity index (χ0n) is 4.13. The lowest BCUT2D eigenvalue weighted by Gasteiger charge is -1.91. The lowest BCUT2D eigenvalue weighted by molar-refractivity contribution is 0.266. The Balaban J connectivity index is 2.45. The highest BCUT2D eigenvalue weighted by Gasteiger charge is 1.81. The molecule has 0 aromatic rings. The van der Waals surface area contributed by atoms with E-state index in [4.69, 9.17) is 5.11 Å². The van der Waals surface area contributed by atoms with Crippen molar-refractivity contribution < 1.29 is 9.29 Å². The van der Waals surface area contributed by atoms with Crippen molar-refractivity contribution in [3.05, 3.63) is 0 Å². The van der Waals surface area contributed by atoms with Crippen LogP contribution in [0.2, 0.25) is 0 Å². The minimum atomic E-state index is 0.247. The van der Waals surface area contributed by atoms with Gasteiger partial charge in [0.15, 0.2) is 0 Å². The van der Waals surface area contributed by atoms with Crippen LogP contribution in [0.25, 0.3) is 0 Å². The van der Waals surface area contributed by atoms with E-state index in [1.54, 1.807) is 0 Å². The third-order valence-corrected chi connectivity index (χ3v) is 0.826. The molecule has 0 spiro atoms. The predicted molar refractivity (Wildman–Crippen MR) is 31.3 cm³/mol. The van der Waals surface area contributed by atoms with E-state index in [0.29, 0.717) is 6.61 Å². The first-order chi connectivity index (χ1) is 3.41. The molecule has 0 aliphatic carbocycles. The third-order valence-electron chi connectivity index (χ3n) is 0.644. The van der Waals surface area contributed by atoms with Gasteiger partial charge in [-0.25, -0.2) is 0 Å². The van der Waals surface area contributed by atoms with Crippen LogP contribution in [0, 0.1) is 0 Å². The minimum Gasteiger partial charge on any atom is -0.396 e. The summed E-state index contributed by atoms with van der Waals surface area (Å²) in [6.45, 7) is 0.876. The van der Waals surface area contributed by atoms with Crippen LogP contribution in [0.3, 0.4) is 0 Å². The quantitative estimate of drug-likeness (QED) is 0.325. The number of hydrogen-bond donors (Lipinski definition) is 2. The molecule has 0 amide bonds. The van der Waals surface area contributed by atoms with Crippen molar-refractivity contribution in [1.29, 1.82) is 0 Å². The zero-order valence-corrected chi connectivity index (χ0v) is 5.03. The van der Waals surface area contributed by atoms with Crippen molar-refractivity contribution in [2.45, 2.75) is 12.8 Å². The van der Waals surface area contributed by atoms with Gasteiger partial charge in [0, 0.05) is 6.61 Å². The molecule has 0 aliphatic heterocycles. The lowest BCUT2D eigenvalue weighted by atomic mass is 10.3. The molecule has 1 N–H and O–H groups in total. The van der Waals surface area contributed by atoms with Crippen molar-refractivity contribution in [3.8, 4) is 0 Å². The summed E-state index contributed by atoms with van der Waals surface area (Å²) >= 11 is 3.51. The van der Waals surface area contributed by atoms with Crippen molar-refractivity contribution in [2.24, 2.45) is 0 Å². The molecular weight excluding hydrogens is 112 g/mol. The van der Waals surface area contributed by atoms with Crippen LogP contribution in [0.5, 0.6) is 0 Å². The maximum absolute atomic E-state index is 8.21. The molecule has 0 saturated carbocycles. The molecule has 0 fully saturated rings. The number of aliphatic hydroxyl groups excluding tert-OH is 1. The normalized spacial score (nSPS) is 9.43. The molecule has 0 saturated heterocycles. The Morgan fingerprint density at radius 2 is 2.14 bits per heavy atom. The van der Waals surface area contributed by atoms with Crippen LogP contribution in [0.1, 0.15) is 12.8 Å². The second kappa shape index (κ2) is 6.27. The Hall–Kier alpha value is 0.270. The Labute approximate surface area is 49.1 Å². The fourth-order valence-electron chi connectivity index (χ4n) is 0.278. The summed E-state index contributed by atoms with van der Waals surface area (Å²) in [4.78, 5) is 0. The average Bonchev–Trinajstić information content (AvgIpc) is 1.69. The van der Waals surface area contributed by atoms with Crippen LogP contribution in [-0.2, 0) is 4.18 Å².